The predicted octanol–water partition coefficient (Wildman–Crippen LogP) is 9.45. The summed E-state index contributed by atoms with van der Waals surface area (Å²) < 4.78 is 17.4. The molecule has 0 aliphatic carbocycles. The van der Waals surface area contributed by atoms with Crippen molar-refractivity contribution in [2.75, 3.05) is 33.3 Å². The van der Waals surface area contributed by atoms with Crippen LogP contribution in [0.5, 0.6) is 0 Å². The number of quaternary nitrogens is 1. The topological polar surface area (TPSA) is 42.8 Å². The lowest BCUT2D eigenvalue weighted by Gasteiger charge is -2.42. The lowest BCUT2D eigenvalue weighted by Crippen LogP contribution is -2.56. The van der Waals surface area contributed by atoms with Gasteiger partial charge in [-0.05, 0) is 31.6 Å². The standard InChI is InChI=1S/C35H61N3O2S/c1-8-11-13-15-16-17-18-19-20-21-25-36-33(10-3)40-34(28-30(4)5)38(7)26-23-24-32(29-38)31(6)35(37-41)39-27-22-14-12-9-2/h23,30,34,36H,3,6,8-9,11-22,25-29H2,1-2,4-5,7H3/p+1/b37-35+. The summed E-state index contributed by atoms with van der Waals surface area (Å²) in [6, 6.07) is 0. The molecule has 0 fully saturated rings. The smallest absolute Gasteiger partial charge is 0.237 e. The molecule has 1 aliphatic heterocycles. The Labute approximate surface area is 259 Å². The molecule has 0 saturated carbocycles. The Bertz CT molecular complexity index is 884. The van der Waals surface area contributed by atoms with Crippen molar-refractivity contribution in [3.05, 3.63) is 47.7 Å². The molecule has 1 rings (SSSR count). The zero-order valence-electron chi connectivity index (χ0n) is 27.2. The molecule has 234 valence electrons. The van der Waals surface area contributed by atoms with E-state index in [9.17, 15) is 0 Å². The molecule has 0 radical (unpaired) electrons. The van der Waals surface area contributed by atoms with Crippen molar-refractivity contribution >= 4 is 18.7 Å². The molecule has 2 atom stereocenters. The van der Waals surface area contributed by atoms with Gasteiger partial charge in [-0.2, -0.15) is 4.40 Å². The lowest BCUT2D eigenvalue weighted by molar-refractivity contribution is -0.946. The maximum atomic E-state index is 6.60. The largest absolute Gasteiger partial charge is 0.477 e. The molecule has 1 N–H and O–H groups in total. The summed E-state index contributed by atoms with van der Waals surface area (Å²) >= 11 is 4.18. The first-order chi connectivity index (χ1) is 19.8. The van der Waals surface area contributed by atoms with Crippen LogP contribution in [0.25, 0.3) is 0 Å². The second-order valence-corrected chi connectivity index (χ2v) is 12.5. The number of thiol groups is 1. The first-order valence-corrected chi connectivity index (χ1v) is 16.8. The molecule has 0 amide bonds. The molecule has 1 aliphatic rings. The summed E-state index contributed by atoms with van der Waals surface area (Å²) in [6.07, 6.45) is 20.8. The number of likely N-dealkylation sites (N-methyl/N-ethyl adjacent to an activating group) is 1. The van der Waals surface area contributed by atoms with Crippen molar-refractivity contribution in [1.29, 1.82) is 0 Å². The van der Waals surface area contributed by atoms with Crippen molar-refractivity contribution in [2.45, 2.75) is 130 Å². The first kappa shape index (κ1) is 37.2. The second kappa shape index (κ2) is 22.7. The van der Waals surface area contributed by atoms with Gasteiger partial charge >= 0.3 is 0 Å². The van der Waals surface area contributed by atoms with Gasteiger partial charge in [0.1, 0.15) is 13.1 Å². The Balaban J connectivity index is 2.64. The monoisotopic (exact) mass is 588 g/mol. The number of nitrogens with zero attached hydrogens (tertiary/aromatic N) is 2. The van der Waals surface area contributed by atoms with Gasteiger partial charge in [-0.25, -0.2) is 0 Å². The average molecular weight is 589 g/mol. The quantitative estimate of drug-likeness (QED) is 0.0224. The minimum atomic E-state index is -0.0630. The summed E-state index contributed by atoms with van der Waals surface area (Å²) in [4.78, 5) is 0. The fraction of sp³-hybridized carbons (Fsp3) is 0.743. The Kier molecular flexibility index (Phi) is 20.6. The summed E-state index contributed by atoms with van der Waals surface area (Å²) in [5.74, 6) is 1.61. The number of nitrogens with one attached hydrogen (secondary N) is 1. The maximum absolute atomic E-state index is 6.60. The van der Waals surface area contributed by atoms with E-state index in [1.165, 1.54) is 70.6 Å². The summed E-state index contributed by atoms with van der Waals surface area (Å²) in [5, 5.41) is 3.47. The molecular formula is C35H62N3O2S+. The van der Waals surface area contributed by atoms with Crippen LogP contribution < -0.4 is 5.32 Å². The van der Waals surface area contributed by atoms with Crippen molar-refractivity contribution in [2.24, 2.45) is 10.3 Å². The molecule has 0 spiro atoms. The Morgan fingerprint density at radius 1 is 1.02 bits per heavy atom. The molecule has 2 unspecified atom stereocenters. The summed E-state index contributed by atoms with van der Waals surface area (Å²) in [7, 11) is 2.24. The number of hydrogen-bond donors (Lipinski definition) is 2. The number of unbranched alkanes of at least 4 members (excludes halogenated alkanes) is 12. The van der Waals surface area contributed by atoms with Crippen LogP contribution in [0.4, 0.5) is 0 Å². The van der Waals surface area contributed by atoms with E-state index in [1.807, 2.05) is 0 Å². The second-order valence-electron chi connectivity index (χ2n) is 12.3. The number of ether oxygens (including phenoxy) is 2. The van der Waals surface area contributed by atoms with Gasteiger partial charge in [0.15, 0.2) is 0 Å². The molecule has 0 aromatic rings. The van der Waals surface area contributed by atoms with Gasteiger partial charge in [0, 0.05) is 24.6 Å². The number of rotatable bonds is 24. The van der Waals surface area contributed by atoms with E-state index in [0.717, 1.165) is 56.5 Å². The third-order valence-corrected chi connectivity index (χ3v) is 8.03. The van der Waals surface area contributed by atoms with Crippen LogP contribution >= 0.6 is 12.8 Å². The van der Waals surface area contributed by atoms with E-state index in [1.54, 1.807) is 0 Å². The van der Waals surface area contributed by atoms with Gasteiger partial charge in [-0.3, -0.25) is 4.48 Å². The fourth-order valence-corrected chi connectivity index (χ4v) is 5.36. The minimum absolute atomic E-state index is 0.0630. The van der Waals surface area contributed by atoms with Gasteiger partial charge < -0.3 is 14.8 Å². The van der Waals surface area contributed by atoms with E-state index in [-0.39, 0.29) is 6.23 Å². The van der Waals surface area contributed by atoms with E-state index in [4.69, 9.17) is 9.47 Å². The molecule has 5 nitrogen and oxygen atoms in total. The molecule has 0 saturated heterocycles. The van der Waals surface area contributed by atoms with E-state index < -0.39 is 0 Å². The molecule has 0 aromatic carbocycles. The Morgan fingerprint density at radius 3 is 2.17 bits per heavy atom. The third-order valence-electron chi connectivity index (χ3n) is 7.85. The molecule has 0 bridgehead atoms. The highest BCUT2D eigenvalue weighted by atomic mass is 32.1. The highest BCUT2D eigenvalue weighted by Gasteiger charge is 2.38. The first-order valence-electron chi connectivity index (χ1n) is 16.4. The molecule has 1 heterocycles. The van der Waals surface area contributed by atoms with Crippen LogP contribution in [0, 0.1) is 5.92 Å². The van der Waals surface area contributed by atoms with Crippen molar-refractivity contribution in [3.8, 4) is 0 Å². The SMILES string of the molecule is C=C=C(NCCCCCCCCCCCC)OC(CC(C)C)[N+]1(C)CC=C=C(C(=C)/C(=N\S)OCCCCCC)C1. The van der Waals surface area contributed by atoms with Crippen LogP contribution in [0.1, 0.15) is 124 Å². The molecule has 6 heteroatoms. The highest BCUT2D eigenvalue weighted by molar-refractivity contribution is 7.79. The molecular weight excluding hydrogens is 526 g/mol. The van der Waals surface area contributed by atoms with Gasteiger partial charge in [0.05, 0.1) is 19.2 Å². The molecule has 41 heavy (non-hydrogen) atoms. The van der Waals surface area contributed by atoms with Gasteiger partial charge in [0.25, 0.3) is 0 Å². The van der Waals surface area contributed by atoms with Crippen LogP contribution in [-0.2, 0) is 9.47 Å². The summed E-state index contributed by atoms with van der Waals surface area (Å²) in [6.45, 7) is 20.2. The maximum Gasteiger partial charge on any atom is 0.237 e. The van der Waals surface area contributed by atoms with Crippen molar-refractivity contribution < 1.29 is 14.0 Å². The van der Waals surface area contributed by atoms with Crippen LogP contribution in [-0.4, -0.2) is 49.9 Å². The fourth-order valence-electron chi connectivity index (χ4n) is 5.18. The zero-order valence-corrected chi connectivity index (χ0v) is 28.1. The Morgan fingerprint density at radius 2 is 1.61 bits per heavy atom. The van der Waals surface area contributed by atoms with Gasteiger partial charge in [0.2, 0.25) is 18.0 Å². The highest BCUT2D eigenvalue weighted by Crippen LogP contribution is 2.28. The van der Waals surface area contributed by atoms with Gasteiger partial charge in [-0.1, -0.05) is 124 Å². The minimum Gasteiger partial charge on any atom is -0.477 e. The van der Waals surface area contributed by atoms with Crippen molar-refractivity contribution in [3.63, 3.8) is 0 Å². The summed E-state index contributed by atoms with van der Waals surface area (Å²) in [5.41, 5.74) is 8.18. The van der Waals surface area contributed by atoms with Gasteiger partial charge in [-0.15, -0.1) is 5.73 Å². The Hall–Kier alpha value is -1.84. The van der Waals surface area contributed by atoms with E-state index in [0.29, 0.717) is 28.8 Å². The molecule has 0 aromatic heterocycles. The van der Waals surface area contributed by atoms with E-state index in [2.05, 4.69) is 88.0 Å². The van der Waals surface area contributed by atoms with Crippen LogP contribution in [0.2, 0.25) is 0 Å². The number of hydrogen-bond acceptors (Lipinski definition) is 5. The third kappa shape index (κ3) is 15.8. The average Bonchev–Trinajstić information content (AvgIpc) is 2.96. The zero-order chi connectivity index (χ0) is 30.3. The van der Waals surface area contributed by atoms with Crippen LogP contribution in [0.15, 0.2) is 52.1 Å². The van der Waals surface area contributed by atoms with Crippen molar-refractivity contribution in [1.82, 2.24) is 5.32 Å². The van der Waals surface area contributed by atoms with Crippen LogP contribution in [0.3, 0.4) is 0 Å². The lowest BCUT2D eigenvalue weighted by atomic mass is 10.0. The van der Waals surface area contributed by atoms with E-state index >= 15 is 0 Å². The normalized spacial score (nSPS) is 17.6. The predicted molar refractivity (Wildman–Crippen MR) is 180 cm³/mol.